The van der Waals surface area contributed by atoms with E-state index in [1.165, 1.54) is 193 Å². The minimum absolute atomic E-state index is 0.738. The highest BCUT2D eigenvalue weighted by Crippen LogP contribution is 2.30. The molecule has 0 radical (unpaired) electrons. The fourth-order valence-electron chi connectivity index (χ4n) is 7.40. The predicted octanol–water partition coefficient (Wildman–Crippen LogP) is 11.1. The maximum Gasteiger partial charge on any atom is 0.0223 e. The molecule has 2 heterocycles. The first-order valence-electron chi connectivity index (χ1n) is 18.3. The third-order valence-corrected chi connectivity index (χ3v) is 10.0. The molecule has 4 atom stereocenters. The van der Waals surface area contributed by atoms with E-state index in [4.69, 9.17) is 0 Å². The van der Waals surface area contributed by atoms with Crippen molar-refractivity contribution in [2.24, 2.45) is 11.8 Å². The van der Waals surface area contributed by atoms with Crippen LogP contribution in [0, 0.1) is 11.8 Å². The summed E-state index contributed by atoms with van der Waals surface area (Å²) in [5.74, 6) is 1.96. The molecule has 0 spiro atoms. The predicted molar refractivity (Wildman–Crippen MR) is 171 cm³/mol. The molecule has 0 aliphatic carbocycles. The molecule has 38 heavy (non-hydrogen) atoms. The number of unbranched alkanes of at least 4 members (excludes halogenated alkanes) is 20. The largest absolute Gasteiger partial charge is 0.312 e. The fraction of sp³-hybridized carbons (Fsp3) is 1.00. The molecule has 2 fully saturated rings. The van der Waals surface area contributed by atoms with Crippen molar-refractivity contribution in [2.45, 2.75) is 206 Å². The molecule has 2 N–H and O–H groups in total. The van der Waals surface area contributed by atoms with Crippen LogP contribution in [0.3, 0.4) is 0 Å². The smallest absolute Gasteiger partial charge is 0.0223 e. The van der Waals surface area contributed by atoms with Crippen LogP contribution in [-0.4, -0.2) is 25.2 Å². The average molecular weight is 533 g/mol. The van der Waals surface area contributed by atoms with Crippen molar-refractivity contribution >= 4 is 0 Å². The molecule has 0 saturated carbocycles. The topological polar surface area (TPSA) is 24.1 Å². The second-order valence-electron chi connectivity index (χ2n) is 13.6. The van der Waals surface area contributed by atoms with Crippen molar-refractivity contribution in [2.75, 3.05) is 13.1 Å². The Morgan fingerprint density at radius 2 is 0.684 bits per heavy atom. The molecule has 0 aromatic carbocycles. The summed E-state index contributed by atoms with van der Waals surface area (Å²) < 4.78 is 0. The first-order valence-corrected chi connectivity index (χ1v) is 18.3. The molecule has 2 heteroatoms. The highest BCUT2D eigenvalue weighted by atomic mass is 15.0. The quantitative estimate of drug-likeness (QED) is 0.114. The van der Waals surface area contributed by atoms with Gasteiger partial charge in [0.1, 0.15) is 0 Å². The standard InChI is InChI=1S/C36H72N2/c1-3-5-7-9-11-13-15-17-19-21-23-25-33-27-29-37-35(31-33)36-32-34(28-30-38-36)26-24-22-20-18-16-14-12-10-8-6-4-2/h33-38H,3-32H2,1-2H3. The highest BCUT2D eigenvalue weighted by molar-refractivity contribution is 4.91. The van der Waals surface area contributed by atoms with Gasteiger partial charge < -0.3 is 10.6 Å². The van der Waals surface area contributed by atoms with Gasteiger partial charge in [-0.2, -0.15) is 0 Å². The van der Waals surface area contributed by atoms with Gasteiger partial charge in [-0.1, -0.05) is 168 Å². The summed E-state index contributed by atoms with van der Waals surface area (Å²) in [6, 6.07) is 1.48. The Morgan fingerprint density at radius 1 is 0.395 bits per heavy atom. The molecule has 0 amide bonds. The van der Waals surface area contributed by atoms with Gasteiger partial charge >= 0.3 is 0 Å². The number of piperidine rings is 2. The van der Waals surface area contributed by atoms with Gasteiger partial charge in [-0.3, -0.25) is 0 Å². The fourth-order valence-corrected chi connectivity index (χ4v) is 7.40. The molecule has 226 valence electrons. The lowest BCUT2D eigenvalue weighted by atomic mass is 9.80. The van der Waals surface area contributed by atoms with Gasteiger partial charge in [-0.25, -0.2) is 0 Å². The molecule has 0 aromatic heterocycles. The third-order valence-electron chi connectivity index (χ3n) is 10.0. The lowest BCUT2D eigenvalue weighted by Gasteiger charge is -2.40. The van der Waals surface area contributed by atoms with E-state index in [0.717, 1.165) is 23.9 Å². The molecular formula is C36H72N2. The van der Waals surface area contributed by atoms with E-state index in [9.17, 15) is 0 Å². The molecule has 2 rings (SSSR count). The molecule has 0 aromatic rings. The summed E-state index contributed by atoms with van der Waals surface area (Å²) >= 11 is 0. The minimum Gasteiger partial charge on any atom is -0.312 e. The summed E-state index contributed by atoms with van der Waals surface area (Å²) in [7, 11) is 0. The van der Waals surface area contributed by atoms with E-state index in [1.54, 1.807) is 0 Å². The second kappa shape index (κ2) is 24.7. The van der Waals surface area contributed by atoms with Gasteiger partial charge in [0, 0.05) is 12.1 Å². The van der Waals surface area contributed by atoms with Crippen molar-refractivity contribution in [1.29, 1.82) is 0 Å². The zero-order valence-corrected chi connectivity index (χ0v) is 26.5. The summed E-state index contributed by atoms with van der Waals surface area (Å²) in [5.41, 5.74) is 0. The Bertz CT molecular complexity index is 448. The SMILES string of the molecule is CCCCCCCCCCCCCC1CCNC(C2CC(CCCCCCCCCCCCC)CCN2)C1. The number of hydrogen-bond acceptors (Lipinski definition) is 2. The molecule has 4 unspecified atom stereocenters. The van der Waals surface area contributed by atoms with Gasteiger partial charge in [0.2, 0.25) is 0 Å². The Balaban J connectivity index is 1.44. The summed E-state index contributed by atoms with van der Waals surface area (Å²) in [5, 5.41) is 7.86. The van der Waals surface area contributed by atoms with Crippen LogP contribution in [0.1, 0.15) is 194 Å². The molecule has 2 aliphatic heterocycles. The lowest BCUT2D eigenvalue weighted by molar-refractivity contribution is 0.187. The Labute approximate surface area is 241 Å². The highest BCUT2D eigenvalue weighted by Gasteiger charge is 2.31. The van der Waals surface area contributed by atoms with Crippen LogP contribution in [0.4, 0.5) is 0 Å². The summed E-state index contributed by atoms with van der Waals surface area (Å²) in [6.45, 7) is 7.14. The van der Waals surface area contributed by atoms with E-state index in [-0.39, 0.29) is 0 Å². The number of rotatable bonds is 25. The molecule has 0 bridgehead atoms. The maximum absolute atomic E-state index is 3.93. The van der Waals surface area contributed by atoms with E-state index in [2.05, 4.69) is 24.5 Å². The van der Waals surface area contributed by atoms with Crippen molar-refractivity contribution < 1.29 is 0 Å². The van der Waals surface area contributed by atoms with Gasteiger partial charge in [0.05, 0.1) is 0 Å². The van der Waals surface area contributed by atoms with Crippen LogP contribution in [0.5, 0.6) is 0 Å². The summed E-state index contributed by atoms with van der Waals surface area (Å²) in [6.07, 6.45) is 40.9. The molecule has 2 aliphatic rings. The molecular weight excluding hydrogens is 460 g/mol. The first-order chi connectivity index (χ1) is 18.8. The number of nitrogens with one attached hydrogen (secondary N) is 2. The van der Waals surface area contributed by atoms with Gasteiger partial charge in [-0.15, -0.1) is 0 Å². The zero-order chi connectivity index (χ0) is 26.9. The lowest BCUT2D eigenvalue weighted by Crippen LogP contribution is -2.54. The van der Waals surface area contributed by atoms with E-state index in [1.807, 2.05) is 0 Å². The maximum atomic E-state index is 3.93. The van der Waals surface area contributed by atoms with E-state index >= 15 is 0 Å². The molecule has 2 nitrogen and oxygen atoms in total. The van der Waals surface area contributed by atoms with Crippen molar-refractivity contribution in [3.63, 3.8) is 0 Å². The van der Waals surface area contributed by atoms with E-state index in [0.29, 0.717) is 0 Å². The third kappa shape index (κ3) is 17.6. The van der Waals surface area contributed by atoms with Gasteiger partial charge in [0.15, 0.2) is 0 Å². The van der Waals surface area contributed by atoms with Crippen LogP contribution < -0.4 is 10.6 Å². The zero-order valence-electron chi connectivity index (χ0n) is 26.5. The van der Waals surface area contributed by atoms with Crippen molar-refractivity contribution in [3.05, 3.63) is 0 Å². The van der Waals surface area contributed by atoms with Crippen molar-refractivity contribution in [3.8, 4) is 0 Å². The van der Waals surface area contributed by atoms with Gasteiger partial charge in [-0.05, 0) is 50.6 Å². The Kier molecular flexibility index (Phi) is 22.2. The monoisotopic (exact) mass is 533 g/mol. The van der Waals surface area contributed by atoms with E-state index < -0.39 is 0 Å². The van der Waals surface area contributed by atoms with Crippen LogP contribution in [0.25, 0.3) is 0 Å². The van der Waals surface area contributed by atoms with Gasteiger partial charge in [0.25, 0.3) is 0 Å². The van der Waals surface area contributed by atoms with Crippen LogP contribution in [0.15, 0.2) is 0 Å². The average Bonchev–Trinajstić information content (AvgIpc) is 2.95. The second-order valence-corrected chi connectivity index (χ2v) is 13.6. The van der Waals surface area contributed by atoms with Crippen LogP contribution in [0.2, 0.25) is 0 Å². The normalized spacial score (nSPS) is 24.2. The summed E-state index contributed by atoms with van der Waals surface area (Å²) in [4.78, 5) is 0. The minimum atomic E-state index is 0.738. The number of hydrogen-bond donors (Lipinski definition) is 2. The van der Waals surface area contributed by atoms with Crippen LogP contribution in [-0.2, 0) is 0 Å². The molecule has 2 saturated heterocycles. The Morgan fingerprint density at radius 3 is 1.00 bits per heavy atom. The van der Waals surface area contributed by atoms with Crippen LogP contribution >= 0.6 is 0 Å². The Hall–Kier alpha value is -0.0800. The first kappa shape index (κ1) is 34.1. The van der Waals surface area contributed by atoms with Crippen molar-refractivity contribution in [1.82, 2.24) is 10.6 Å².